The van der Waals surface area contributed by atoms with Gasteiger partial charge in [-0.3, -0.25) is 14.5 Å². The minimum absolute atomic E-state index is 0.100. The number of nitriles is 1. The highest BCUT2D eigenvalue weighted by Gasteiger charge is 2.14. The standard InChI is InChI=1S/C24H27N5O3/c1-17-21(18(2)29(28-17)13-5-11-25)8-10-24(30)27-20-7-9-22(31-3)23(14-20)32-16-19-6-4-12-26-15-19/h4,6-7,9,12,14-15H,5,8,10,13,16H2,1-3H3,(H,27,30). The average molecular weight is 434 g/mol. The van der Waals surface area contributed by atoms with Gasteiger partial charge >= 0.3 is 0 Å². The molecule has 2 heterocycles. The molecule has 0 atom stereocenters. The van der Waals surface area contributed by atoms with E-state index in [1.807, 2.05) is 30.7 Å². The molecule has 166 valence electrons. The van der Waals surface area contributed by atoms with Crippen LogP contribution in [-0.2, 0) is 24.4 Å². The van der Waals surface area contributed by atoms with Gasteiger partial charge in [-0.15, -0.1) is 0 Å². The number of aromatic nitrogens is 3. The molecule has 0 saturated carbocycles. The van der Waals surface area contributed by atoms with Crippen molar-refractivity contribution in [3.05, 3.63) is 65.2 Å². The predicted molar refractivity (Wildman–Crippen MR) is 120 cm³/mol. The lowest BCUT2D eigenvalue weighted by molar-refractivity contribution is -0.116. The first-order chi connectivity index (χ1) is 15.5. The highest BCUT2D eigenvalue weighted by atomic mass is 16.5. The van der Waals surface area contributed by atoms with Crippen LogP contribution in [-0.4, -0.2) is 27.8 Å². The molecule has 1 amide bonds. The first-order valence-corrected chi connectivity index (χ1v) is 10.4. The number of anilines is 1. The van der Waals surface area contributed by atoms with E-state index in [4.69, 9.17) is 14.7 Å². The van der Waals surface area contributed by atoms with Crippen LogP contribution < -0.4 is 14.8 Å². The molecule has 0 saturated heterocycles. The summed E-state index contributed by atoms with van der Waals surface area (Å²) in [5, 5.41) is 16.2. The SMILES string of the molecule is COc1ccc(NC(=O)CCc2c(C)nn(CCC#N)c2C)cc1OCc1cccnc1. The van der Waals surface area contributed by atoms with Gasteiger partial charge in [0.25, 0.3) is 0 Å². The third-order valence-electron chi connectivity index (χ3n) is 5.13. The van der Waals surface area contributed by atoms with E-state index in [1.54, 1.807) is 37.7 Å². The van der Waals surface area contributed by atoms with Gasteiger partial charge in [0, 0.05) is 41.8 Å². The first kappa shape index (κ1) is 22.8. The number of nitrogens with one attached hydrogen (secondary N) is 1. The molecule has 0 fully saturated rings. The van der Waals surface area contributed by atoms with Crippen molar-refractivity contribution in [2.75, 3.05) is 12.4 Å². The number of benzene rings is 1. The van der Waals surface area contributed by atoms with E-state index in [-0.39, 0.29) is 5.91 Å². The number of methoxy groups -OCH3 is 1. The van der Waals surface area contributed by atoms with Gasteiger partial charge in [-0.05, 0) is 44.0 Å². The predicted octanol–water partition coefficient (Wildman–Crippen LogP) is 3.97. The summed E-state index contributed by atoms with van der Waals surface area (Å²) in [4.78, 5) is 16.7. The van der Waals surface area contributed by atoms with Gasteiger partial charge < -0.3 is 14.8 Å². The summed E-state index contributed by atoms with van der Waals surface area (Å²) in [5.41, 5.74) is 4.51. The number of rotatable bonds is 10. The molecule has 8 nitrogen and oxygen atoms in total. The monoisotopic (exact) mass is 433 g/mol. The molecule has 2 aromatic heterocycles. The molecule has 0 aliphatic rings. The largest absolute Gasteiger partial charge is 0.493 e. The van der Waals surface area contributed by atoms with E-state index in [0.29, 0.717) is 49.6 Å². The van der Waals surface area contributed by atoms with E-state index in [1.165, 1.54) is 0 Å². The van der Waals surface area contributed by atoms with Crippen molar-refractivity contribution >= 4 is 11.6 Å². The lowest BCUT2D eigenvalue weighted by atomic mass is 10.1. The van der Waals surface area contributed by atoms with Crippen LogP contribution in [0.2, 0.25) is 0 Å². The van der Waals surface area contributed by atoms with E-state index >= 15 is 0 Å². The maximum Gasteiger partial charge on any atom is 0.224 e. The van der Waals surface area contributed by atoms with Crippen molar-refractivity contribution in [1.82, 2.24) is 14.8 Å². The number of hydrogen-bond donors (Lipinski definition) is 1. The van der Waals surface area contributed by atoms with Gasteiger partial charge in [-0.2, -0.15) is 10.4 Å². The van der Waals surface area contributed by atoms with Gasteiger partial charge in [0.2, 0.25) is 5.91 Å². The van der Waals surface area contributed by atoms with E-state index in [9.17, 15) is 4.79 Å². The summed E-state index contributed by atoms with van der Waals surface area (Å²) >= 11 is 0. The van der Waals surface area contributed by atoms with E-state index in [0.717, 1.165) is 22.5 Å². The smallest absolute Gasteiger partial charge is 0.224 e. The number of carbonyl (C=O) groups is 1. The summed E-state index contributed by atoms with van der Waals surface area (Å²) in [7, 11) is 1.58. The Hall–Kier alpha value is -3.86. The molecule has 0 unspecified atom stereocenters. The fourth-order valence-corrected chi connectivity index (χ4v) is 3.44. The second-order valence-corrected chi connectivity index (χ2v) is 7.34. The highest BCUT2D eigenvalue weighted by Crippen LogP contribution is 2.31. The van der Waals surface area contributed by atoms with Crippen LogP contribution in [0.1, 0.15) is 35.4 Å². The minimum Gasteiger partial charge on any atom is -0.493 e. The third kappa shape index (κ3) is 5.85. The molecule has 0 aliphatic heterocycles. The van der Waals surface area contributed by atoms with Crippen LogP contribution in [0.15, 0.2) is 42.7 Å². The molecular formula is C24H27N5O3. The molecule has 1 N–H and O–H groups in total. The van der Waals surface area contributed by atoms with Gasteiger partial charge in [0.1, 0.15) is 6.61 Å². The molecule has 0 aliphatic carbocycles. The number of ether oxygens (including phenoxy) is 2. The number of aryl methyl sites for hydroxylation is 2. The fourth-order valence-electron chi connectivity index (χ4n) is 3.44. The van der Waals surface area contributed by atoms with Gasteiger partial charge in [-0.1, -0.05) is 6.07 Å². The van der Waals surface area contributed by atoms with Crippen LogP contribution in [0, 0.1) is 25.2 Å². The summed E-state index contributed by atoms with van der Waals surface area (Å²) in [6.07, 6.45) is 4.76. The second kappa shape index (κ2) is 11.0. The Morgan fingerprint density at radius 3 is 2.81 bits per heavy atom. The average Bonchev–Trinajstić information content (AvgIpc) is 3.08. The van der Waals surface area contributed by atoms with Crippen LogP contribution >= 0.6 is 0 Å². The van der Waals surface area contributed by atoms with E-state index in [2.05, 4.69) is 21.5 Å². The third-order valence-corrected chi connectivity index (χ3v) is 5.13. The number of hydrogen-bond acceptors (Lipinski definition) is 6. The Labute approximate surface area is 187 Å². The van der Waals surface area contributed by atoms with E-state index < -0.39 is 0 Å². The normalized spacial score (nSPS) is 10.4. The second-order valence-electron chi connectivity index (χ2n) is 7.34. The summed E-state index contributed by atoms with van der Waals surface area (Å²) in [5.74, 6) is 1.03. The maximum absolute atomic E-state index is 12.6. The van der Waals surface area contributed by atoms with Crippen LogP contribution in [0.3, 0.4) is 0 Å². The Morgan fingerprint density at radius 1 is 1.25 bits per heavy atom. The Kier molecular flexibility index (Phi) is 7.81. The molecule has 0 spiro atoms. The van der Waals surface area contributed by atoms with Gasteiger partial charge in [0.15, 0.2) is 11.5 Å². The molecule has 0 bridgehead atoms. The van der Waals surface area contributed by atoms with Crippen molar-refractivity contribution in [3.8, 4) is 17.6 Å². The Morgan fingerprint density at radius 2 is 2.09 bits per heavy atom. The van der Waals surface area contributed by atoms with Crippen LogP contribution in [0.5, 0.6) is 11.5 Å². The quantitative estimate of drug-likeness (QED) is 0.519. The summed E-state index contributed by atoms with van der Waals surface area (Å²) in [6, 6.07) is 11.2. The van der Waals surface area contributed by atoms with Gasteiger partial charge in [-0.25, -0.2) is 0 Å². The molecule has 3 aromatic rings. The number of carbonyl (C=O) groups excluding carboxylic acids is 1. The molecular weight excluding hydrogens is 406 g/mol. The zero-order valence-electron chi connectivity index (χ0n) is 18.6. The molecule has 3 rings (SSSR count). The lowest BCUT2D eigenvalue weighted by Gasteiger charge is -2.13. The zero-order valence-corrected chi connectivity index (χ0v) is 18.6. The zero-order chi connectivity index (χ0) is 22.9. The topological polar surface area (TPSA) is 102 Å². The fraction of sp³-hybridized carbons (Fsp3) is 0.333. The van der Waals surface area contributed by atoms with Crippen molar-refractivity contribution in [2.45, 2.75) is 46.3 Å². The number of pyridine rings is 1. The highest BCUT2D eigenvalue weighted by molar-refractivity contribution is 5.91. The van der Waals surface area contributed by atoms with Crippen molar-refractivity contribution in [3.63, 3.8) is 0 Å². The number of nitrogens with zero attached hydrogens (tertiary/aromatic N) is 4. The minimum atomic E-state index is -0.100. The van der Waals surface area contributed by atoms with Gasteiger partial charge in [0.05, 0.1) is 31.8 Å². The molecule has 1 aromatic carbocycles. The lowest BCUT2D eigenvalue weighted by Crippen LogP contribution is -2.13. The summed E-state index contributed by atoms with van der Waals surface area (Å²) < 4.78 is 13.1. The Bertz CT molecular complexity index is 1100. The van der Waals surface area contributed by atoms with Crippen molar-refractivity contribution < 1.29 is 14.3 Å². The summed E-state index contributed by atoms with van der Waals surface area (Å²) in [6.45, 7) is 4.80. The maximum atomic E-state index is 12.6. The molecule has 8 heteroatoms. The first-order valence-electron chi connectivity index (χ1n) is 10.4. The van der Waals surface area contributed by atoms with Crippen molar-refractivity contribution in [1.29, 1.82) is 5.26 Å². The number of amides is 1. The molecule has 32 heavy (non-hydrogen) atoms. The van der Waals surface area contributed by atoms with Crippen LogP contribution in [0.25, 0.3) is 0 Å². The Balaban J connectivity index is 1.61. The molecule has 0 radical (unpaired) electrons. The van der Waals surface area contributed by atoms with Crippen LogP contribution in [0.4, 0.5) is 5.69 Å². The van der Waals surface area contributed by atoms with Crippen molar-refractivity contribution in [2.24, 2.45) is 0 Å².